The van der Waals surface area contributed by atoms with Crippen molar-refractivity contribution in [1.82, 2.24) is 0 Å². The molecule has 0 spiro atoms. The Morgan fingerprint density at radius 2 is 1.38 bits per heavy atom. The Morgan fingerprint density at radius 3 is 1.94 bits per heavy atom. The summed E-state index contributed by atoms with van der Waals surface area (Å²) >= 11 is 0. The van der Waals surface area contributed by atoms with Crippen molar-refractivity contribution in [2.24, 2.45) is 0 Å². The van der Waals surface area contributed by atoms with Crippen molar-refractivity contribution >= 4 is 10.1 Å². The van der Waals surface area contributed by atoms with Crippen LogP contribution in [0, 0.1) is 0 Å². The second-order valence-corrected chi connectivity index (χ2v) is 9.50. The first-order chi connectivity index (χ1) is 14.9. The van der Waals surface area contributed by atoms with Crippen LogP contribution in [0.5, 0.6) is 17.2 Å². The van der Waals surface area contributed by atoms with Gasteiger partial charge in [-0.05, 0) is 42.7 Å². The van der Waals surface area contributed by atoms with Crippen molar-refractivity contribution < 1.29 is 52.4 Å². The van der Waals surface area contributed by atoms with Gasteiger partial charge in [0.2, 0.25) is 0 Å². The molecule has 2 rings (SSSR count). The molecule has 0 saturated carbocycles. The minimum absolute atomic E-state index is 0. The zero-order valence-corrected chi connectivity index (χ0v) is 22.3. The molecular weight excluding hydrogens is 435 g/mol. The average molecular weight is 471 g/mol. The summed E-state index contributed by atoms with van der Waals surface area (Å²) < 4.78 is 38.2. The van der Waals surface area contributed by atoms with E-state index in [-0.39, 0.29) is 46.0 Å². The van der Waals surface area contributed by atoms with Crippen LogP contribution >= 0.6 is 0 Å². The molecular formula is C25H35NaO5S. The number of aryl methyl sites for hydroxylation is 1. The third kappa shape index (κ3) is 10.7. The van der Waals surface area contributed by atoms with E-state index in [1.165, 1.54) is 75.6 Å². The van der Waals surface area contributed by atoms with E-state index < -0.39 is 10.1 Å². The first-order valence-corrected chi connectivity index (χ1v) is 12.9. The van der Waals surface area contributed by atoms with E-state index in [0.717, 1.165) is 19.3 Å². The van der Waals surface area contributed by atoms with E-state index in [2.05, 4.69) is 6.92 Å². The van der Waals surface area contributed by atoms with Gasteiger partial charge < -0.3 is 9.84 Å². The fourth-order valence-corrected chi connectivity index (χ4v) is 4.18. The van der Waals surface area contributed by atoms with Crippen molar-refractivity contribution in [2.45, 2.75) is 88.9 Å². The van der Waals surface area contributed by atoms with Crippen LogP contribution in [0.1, 0.15) is 83.1 Å². The normalized spacial score (nSPS) is 11.2. The van der Waals surface area contributed by atoms with Gasteiger partial charge in [-0.25, -0.2) is 0 Å². The second-order valence-electron chi connectivity index (χ2n) is 8.08. The number of benzene rings is 2. The van der Waals surface area contributed by atoms with Gasteiger partial charge in [0.25, 0.3) is 10.1 Å². The maximum atomic E-state index is 12.0. The molecule has 0 heterocycles. The molecule has 0 aliphatic heterocycles. The fourth-order valence-electron chi connectivity index (χ4n) is 3.64. The Morgan fingerprint density at radius 1 is 0.812 bits per heavy atom. The standard InChI is InChI=1S/C25H36O5S.Na/c1-2-3-4-5-6-7-8-9-10-11-12-15-21-20-22(31(27,28)29)18-19-24(21)30-25-17-14-13-16-23(25)26;/h13-14,16-20,26H,2-12,15H2,1H3,(H,27,28,29);/q;+1/p-1. The van der Waals surface area contributed by atoms with Crippen molar-refractivity contribution in [1.29, 1.82) is 0 Å². The van der Waals surface area contributed by atoms with Crippen LogP contribution in [0.2, 0.25) is 0 Å². The summed E-state index contributed by atoms with van der Waals surface area (Å²) in [5.41, 5.74) is 0.675. The number of hydrogen-bond donors (Lipinski definition) is 1. The minimum Gasteiger partial charge on any atom is -0.870 e. The van der Waals surface area contributed by atoms with E-state index in [9.17, 15) is 18.1 Å². The van der Waals surface area contributed by atoms with Crippen molar-refractivity contribution in [3.05, 3.63) is 48.0 Å². The largest absolute Gasteiger partial charge is 1.00 e. The van der Waals surface area contributed by atoms with Gasteiger partial charge in [-0.1, -0.05) is 95.1 Å². The van der Waals surface area contributed by atoms with Crippen LogP contribution in [0.25, 0.3) is 0 Å². The van der Waals surface area contributed by atoms with Crippen LogP contribution in [-0.4, -0.2) is 13.0 Å². The van der Waals surface area contributed by atoms with Crippen LogP contribution in [0.15, 0.2) is 47.4 Å². The van der Waals surface area contributed by atoms with Crippen molar-refractivity contribution in [3.8, 4) is 17.2 Å². The molecule has 2 aromatic rings. The van der Waals surface area contributed by atoms with E-state index >= 15 is 0 Å². The fraction of sp³-hybridized carbons (Fsp3) is 0.520. The average Bonchev–Trinajstić information content (AvgIpc) is 2.73. The van der Waals surface area contributed by atoms with Gasteiger partial charge in [0, 0.05) is 0 Å². The molecule has 0 radical (unpaired) electrons. The quantitative estimate of drug-likeness (QED) is 0.244. The third-order valence-corrected chi connectivity index (χ3v) is 6.30. The zero-order valence-electron chi connectivity index (χ0n) is 19.5. The van der Waals surface area contributed by atoms with E-state index in [1.807, 2.05) is 0 Å². The van der Waals surface area contributed by atoms with Gasteiger partial charge >= 0.3 is 29.6 Å². The maximum Gasteiger partial charge on any atom is 1.00 e. The van der Waals surface area contributed by atoms with Gasteiger partial charge in [0.05, 0.1) is 4.90 Å². The van der Waals surface area contributed by atoms with Crippen LogP contribution in [0.4, 0.5) is 0 Å². The van der Waals surface area contributed by atoms with Crippen LogP contribution in [-0.2, 0) is 16.5 Å². The summed E-state index contributed by atoms with van der Waals surface area (Å²) in [7, 11) is -4.29. The summed E-state index contributed by atoms with van der Waals surface area (Å²) in [6.07, 6.45) is 14.1. The molecule has 0 fully saturated rings. The number of ether oxygens (including phenoxy) is 1. The van der Waals surface area contributed by atoms with Crippen molar-refractivity contribution in [3.63, 3.8) is 0 Å². The molecule has 0 unspecified atom stereocenters. The Bertz CT molecular complexity index is 899. The number of rotatable bonds is 15. The summed E-state index contributed by atoms with van der Waals surface area (Å²) in [5, 5.41) is 12.0. The summed E-state index contributed by atoms with van der Waals surface area (Å²) in [5.74, 6) is 0.409. The second kappa shape index (κ2) is 15.7. The Hall–Kier alpha value is -1.05. The summed E-state index contributed by atoms with van der Waals surface area (Å²) in [4.78, 5) is -0.159. The molecule has 32 heavy (non-hydrogen) atoms. The monoisotopic (exact) mass is 470 g/mol. The minimum atomic E-state index is -4.29. The third-order valence-electron chi connectivity index (χ3n) is 5.45. The van der Waals surface area contributed by atoms with Gasteiger partial charge in [0.15, 0.2) is 0 Å². The molecule has 0 aliphatic rings. The first-order valence-electron chi connectivity index (χ1n) is 11.5. The zero-order chi connectivity index (χ0) is 22.5. The summed E-state index contributed by atoms with van der Waals surface area (Å²) in [6, 6.07) is 10.6. The van der Waals surface area contributed by atoms with E-state index in [4.69, 9.17) is 4.74 Å². The van der Waals surface area contributed by atoms with Gasteiger partial charge in [-0.2, -0.15) is 8.42 Å². The smallest absolute Gasteiger partial charge is 0.870 e. The topological polar surface area (TPSA) is 86.7 Å². The van der Waals surface area contributed by atoms with Crippen molar-refractivity contribution in [2.75, 3.05) is 0 Å². The number of unbranched alkanes of at least 4 members (excludes halogenated alkanes) is 10. The Labute approximate surface area is 215 Å². The molecule has 7 heteroatoms. The number of para-hydroxylation sites is 2. The van der Waals surface area contributed by atoms with Gasteiger partial charge in [-0.3, -0.25) is 4.55 Å². The molecule has 2 aromatic carbocycles. The first kappa shape index (κ1) is 29.0. The molecule has 0 bridgehead atoms. The molecule has 5 nitrogen and oxygen atoms in total. The predicted molar refractivity (Wildman–Crippen MR) is 122 cm³/mol. The maximum absolute atomic E-state index is 12.0. The molecule has 0 amide bonds. The molecule has 0 aromatic heterocycles. The summed E-state index contributed by atoms with van der Waals surface area (Å²) in [6.45, 7) is 2.23. The van der Waals surface area contributed by atoms with Crippen LogP contribution in [0.3, 0.4) is 0 Å². The molecule has 172 valence electrons. The van der Waals surface area contributed by atoms with Gasteiger partial charge in [-0.15, -0.1) is 0 Å². The molecule has 0 saturated heterocycles. The van der Waals surface area contributed by atoms with E-state index in [0.29, 0.717) is 17.7 Å². The molecule has 0 aliphatic carbocycles. The Balaban J connectivity index is 0.00000512. The SMILES string of the molecule is CCCCCCCCCCCCCc1cc(S(=O)(=O)O)ccc1Oc1ccccc1[O-].[Na+]. The Kier molecular flexibility index (Phi) is 14.2. The predicted octanol–water partition coefficient (Wildman–Crippen LogP) is 3.66. The van der Waals surface area contributed by atoms with Gasteiger partial charge in [0.1, 0.15) is 11.5 Å². The molecule has 1 N–H and O–H groups in total. The number of hydrogen-bond acceptors (Lipinski definition) is 4. The van der Waals surface area contributed by atoms with Crippen LogP contribution < -0.4 is 39.4 Å². The van der Waals surface area contributed by atoms with E-state index in [1.54, 1.807) is 18.2 Å². The molecule has 0 atom stereocenters.